The fourth-order valence-corrected chi connectivity index (χ4v) is 4.01. The molecule has 0 saturated carbocycles. The second kappa shape index (κ2) is 7.14. The Hall–Kier alpha value is -3.84. The van der Waals surface area contributed by atoms with Gasteiger partial charge in [-0.1, -0.05) is 12.1 Å². The molecule has 1 aromatic heterocycles. The van der Waals surface area contributed by atoms with Gasteiger partial charge >= 0.3 is 0 Å². The van der Waals surface area contributed by atoms with Crippen molar-refractivity contribution in [1.82, 2.24) is 9.88 Å². The van der Waals surface area contributed by atoms with E-state index < -0.39 is 0 Å². The summed E-state index contributed by atoms with van der Waals surface area (Å²) in [6, 6.07) is 13.1. The number of hydrogen-bond donors (Lipinski definition) is 0. The number of carbonyl (C=O) groups is 1. The van der Waals surface area contributed by atoms with Gasteiger partial charge in [0.2, 0.25) is 12.6 Å². The molecule has 0 saturated heterocycles. The van der Waals surface area contributed by atoms with Crippen LogP contribution in [0.3, 0.4) is 0 Å². The van der Waals surface area contributed by atoms with Crippen LogP contribution in [0.15, 0.2) is 60.6 Å². The summed E-state index contributed by atoms with van der Waals surface area (Å²) >= 11 is 0. The molecule has 2 aromatic carbocycles. The first-order valence-corrected chi connectivity index (χ1v) is 9.98. The Morgan fingerprint density at radius 3 is 2.84 bits per heavy atom. The minimum Gasteiger partial charge on any atom is -0.478 e. The van der Waals surface area contributed by atoms with Crippen LogP contribution in [0.4, 0.5) is 0 Å². The summed E-state index contributed by atoms with van der Waals surface area (Å²) < 4.78 is 22.8. The van der Waals surface area contributed by atoms with Gasteiger partial charge < -0.3 is 18.9 Å². The molecule has 0 amide bonds. The van der Waals surface area contributed by atoms with Crippen molar-refractivity contribution in [2.45, 2.75) is 13.1 Å². The summed E-state index contributed by atoms with van der Waals surface area (Å²) in [6.07, 6.45) is 5.33. The van der Waals surface area contributed by atoms with E-state index in [4.69, 9.17) is 18.9 Å². The van der Waals surface area contributed by atoms with E-state index in [-0.39, 0.29) is 18.3 Å². The van der Waals surface area contributed by atoms with Crippen LogP contribution in [0.25, 0.3) is 6.08 Å². The number of nitrogens with zero attached hydrogens (tertiary/aromatic N) is 2. The number of ketones is 1. The molecule has 0 fully saturated rings. The van der Waals surface area contributed by atoms with Crippen LogP contribution in [-0.2, 0) is 13.1 Å². The van der Waals surface area contributed by atoms with E-state index in [0.29, 0.717) is 42.6 Å². The SMILES string of the molecule is O=C1/C(=C/c2ccc3c(c2)OCO3)Oc2c1ccc1c2CN(Cc2cccnc2)CO1. The second-order valence-electron chi connectivity index (χ2n) is 7.59. The van der Waals surface area contributed by atoms with Crippen molar-refractivity contribution >= 4 is 11.9 Å². The molecule has 3 aliphatic rings. The van der Waals surface area contributed by atoms with Crippen molar-refractivity contribution in [1.29, 1.82) is 0 Å². The molecule has 0 atom stereocenters. The molecule has 0 unspecified atom stereocenters. The van der Waals surface area contributed by atoms with Gasteiger partial charge in [0, 0.05) is 25.5 Å². The molecule has 7 heteroatoms. The fraction of sp³-hybridized carbons (Fsp3) is 0.167. The Bertz CT molecular complexity index is 1220. The largest absolute Gasteiger partial charge is 0.478 e. The van der Waals surface area contributed by atoms with Gasteiger partial charge in [-0.05, 0) is 47.5 Å². The fourth-order valence-electron chi connectivity index (χ4n) is 4.01. The quantitative estimate of drug-likeness (QED) is 0.604. The molecule has 0 aliphatic carbocycles. The molecule has 0 bridgehead atoms. The highest BCUT2D eigenvalue weighted by Gasteiger charge is 2.33. The first kappa shape index (κ1) is 18.0. The minimum atomic E-state index is -0.139. The highest BCUT2D eigenvalue weighted by Crippen LogP contribution is 2.42. The molecule has 0 spiro atoms. The maximum Gasteiger partial charge on any atom is 0.231 e. The normalized spacial score (nSPS) is 17.8. The number of rotatable bonds is 3. The zero-order valence-corrected chi connectivity index (χ0v) is 16.5. The second-order valence-corrected chi connectivity index (χ2v) is 7.59. The van der Waals surface area contributed by atoms with Crippen molar-refractivity contribution in [3.63, 3.8) is 0 Å². The van der Waals surface area contributed by atoms with Gasteiger partial charge in [0.1, 0.15) is 18.2 Å². The topological polar surface area (TPSA) is 70.1 Å². The Morgan fingerprint density at radius 1 is 1.03 bits per heavy atom. The summed E-state index contributed by atoms with van der Waals surface area (Å²) in [6.45, 7) is 2.00. The lowest BCUT2D eigenvalue weighted by molar-refractivity contribution is 0.0872. The minimum absolute atomic E-state index is 0.139. The van der Waals surface area contributed by atoms with E-state index >= 15 is 0 Å². The van der Waals surface area contributed by atoms with Gasteiger partial charge in [-0.15, -0.1) is 0 Å². The van der Waals surface area contributed by atoms with Crippen molar-refractivity contribution in [2.24, 2.45) is 0 Å². The summed E-state index contributed by atoms with van der Waals surface area (Å²) in [5.41, 5.74) is 3.35. The summed E-state index contributed by atoms with van der Waals surface area (Å²) in [5.74, 6) is 2.83. The Labute approximate surface area is 178 Å². The lowest BCUT2D eigenvalue weighted by atomic mass is 10.0. The molecule has 0 radical (unpaired) electrons. The number of hydrogen-bond acceptors (Lipinski definition) is 7. The zero-order chi connectivity index (χ0) is 20.8. The van der Waals surface area contributed by atoms with E-state index in [9.17, 15) is 4.79 Å². The number of allylic oxidation sites excluding steroid dienone is 1. The first-order valence-electron chi connectivity index (χ1n) is 9.98. The van der Waals surface area contributed by atoms with Crippen LogP contribution < -0.4 is 18.9 Å². The van der Waals surface area contributed by atoms with Gasteiger partial charge in [0.25, 0.3) is 0 Å². The number of benzene rings is 2. The van der Waals surface area contributed by atoms with E-state index in [0.717, 1.165) is 22.4 Å². The van der Waals surface area contributed by atoms with Crippen LogP contribution in [0.5, 0.6) is 23.0 Å². The number of ether oxygens (including phenoxy) is 4. The van der Waals surface area contributed by atoms with E-state index in [1.54, 1.807) is 18.3 Å². The number of pyridine rings is 1. The number of fused-ring (bicyclic) bond motifs is 4. The molecule has 31 heavy (non-hydrogen) atoms. The molecule has 6 rings (SSSR count). The maximum absolute atomic E-state index is 13.0. The van der Waals surface area contributed by atoms with Gasteiger partial charge in [0.05, 0.1) is 11.1 Å². The first-order chi connectivity index (χ1) is 15.2. The van der Waals surface area contributed by atoms with Crippen molar-refractivity contribution in [3.8, 4) is 23.0 Å². The monoisotopic (exact) mass is 414 g/mol. The third-order valence-electron chi connectivity index (χ3n) is 5.51. The molecular weight excluding hydrogens is 396 g/mol. The smallest absolute Gasteiger partial charge is 0.231 e. The lowest BCUT2D eigenvalue weighted by Crippen LogP contribution is -2.31. The number of carbonyl (C=O) groups excluding carboxylic acids is 1. The van der Waals surface area contributed by atoms with Gasteiger partial charge in [0.15, 0.2) is 17.3 Å². The molecule has 0 N–H and O–H groups in total. The van der Waals surface area contributed by atoms with E-state index in [1.165, 1.54) is 0 Å². The third kappa shape index (κ3) is 3.19. The van der Waals surface area contributed by atoms with Crippen molar-refractivity contribution < 1.29 is 23.7 Å². The average Bonchev–Trinajstić information content (AvgIpc) is 3.39. The number of Topliss-reactive ketones (excluding diaryl/α,β-unsaturated/α-hetero) is 1. The highest BCUT2D eigenvalue weighted by molar-refractivity contribution is 6.15. The van der Waals surface area contributed by atoms with E-state index in [1.807, 2.05) is 42.6 Å². The highest BCUT2D eigenvalue weighted by atomic mass is 16.7. The Balaban J connectivity index is 1.29. The van der Waals surface area contributed by atoms with Crippen molar-refractivity contribution in [3.05, 3.63) is 82.9 Å². The molecule has 7 nitrogen and oxygen atoms in total. The maximum atomic E-state index is 13.0. The van der Waals surface area contributed by atoms with Crippen molar-refractivity contribution in [2.75, 3.05) is 13.5 Å². The standard InChI is InChI=1S/C24H18N2O5/c27-23-17-4-6-19-18(12-26(13-28-19)11-16-2-1-7-25-10-16)24(17)31-22(23)9-15-3-5-20-21(8-15)30-14-29-20/h1-10H,11-14H2/b22-9-. The van der Waals surface area contributed by atoms with E-state index in [2.05, 4.69) is 9.88 Å². The van der Waals surface area contributed by atoms with Crippen LogP contribution in [0.1, 0.15) is 27.0 Å². The predicted octanol–water partition coefficient (Wildman–Crippen LogP) is 3.78. The van der Waals surface area contributed by atoms with Gasteiger partial charge in [-0.2, -0.15) is 0 Å². The van der Waals surface area contributed by atoms with Gasteiger partial charge in [-0.25, -0.2) is 0 Å². The van der Waals surface area contributed by atoms with Gasteiger partial charge in [-0.3, -0.25) is 14.7 Å². The van der Waals surface area contributed by atoms with Crippen LogP contribution in [-0.4, -0.2) is 29.2 Å². The van der Waals surface area contributed by atoms with Crippen LogP contribution in [0, 0.1) is 0 Å². The van der Waals surface area contributed by atoms with Crippen LogP contribution in [0.2, 0.25) is 0 Å². The molecule has 3 aliphatic heterocycles. The number of aromatic nitrogens is 1. The summed E-state index contributed by atoms with van der Waals surface area (Å²) in [7, 11) is 0. The third-order valence-corrected chi connectivity index (χ3v) is 5.51. The average molecular weight is 414 g/mol. The Kier molecular flexibility index (Phi) is 4.14. The van der Waals surface area contributed by atoms with Crippen LogP contribution >= 0.6 is 0 Å². The molecule has 3 aromatic rings. The molecular formula is C24H18N2O5. The Morgan fingerprint density at radius 2 is 1.94 bits per heavy atom. The zero-order valence-electron chi connectivity index (χ0n) is 16.5. The molecule has 4 heterocycles. The molecule has 154 valence electrons. The summed E-state index contributed by atoms with van der Waals surface area (Å²) in [4.78, 5) is 19.3. The lowest BCUT2D eigenvalue weighted by Gasteiger charge is -2.29. The predicted molar refractivity (Wildman–Crippen MR) is 111 cm³/mol. The summed E-state index contributed by atoms with van der Waals surface area (Å²) in [5, 5.41) is 0.